The highest BCUT2D eigenvalue weighted by molar-refractivity contribution is 9.10. The summed E-state index contributed by atoms with van der Waals surface area (Å²) < 4.78 is 4.43. The first-order valence-corrected chi connectivity index (χ1v) is 27.5. The third-order valence-electron chi connectivity index (χ3n) is 15.0. The minimum Gasteiger partial charge on any atom is -0.309 e. The van der Waals surface area contributed by atoms with Crippen LogP contribution < -0.4 is 9.80 Å². The summed E-state index contributed by atoms with van der Waals surface area (Å²) in [5.41, 5.74) is 21.0. The van der Waals surface area contributed by atoms with E-state index < -0.39 is 0 Å². The topological polar surface area (TPSA) is 10.9 Å². The molecule has 0 atom stereocenters. The number of para-hydroxylation sites is 4. The fourth-order valence-electron chi connectivity index (χ4n) is 11.6. The third-order valence-corrected chi connectivity index (χ3v) is 16.0. The monoisotopic (exact) mass is 1110 g/mol. The van der Waals surface area contributed by atoms with E-state index in [-0.39, 0.29) is 0 Å². The Morgan fingerprint density at radius 3 is 1.10 bits per heavy atom. The molecular weight excluding hydrogens is 1070 g/mol. The molecule has 0 fully saturated rings. The van der Waals surface area contributed by atoms with Crippen molar-refractivity contribution in [2.75, 3.05) is 9.80 Å². The number of hydrogen-bond acceptors (Lipinski definition) is 2. The van der Waals surface area contributed by atoms with Crippen molar-refractivity contribution in [1.82, 2.24) is 4.40 Å². The van der Waals surface area contributed by atoms with E-state index in [1.165, 1.54) is 38.1 Å². The maximum absolute atomic E-state index is 3.94. The van der Waals surface area contributed by atoms with Crippen LogP contribution in [0.2, 0.25) is 0 Å². The minimum absolute atomic E-state index is 0.985. The van der Waals surface area contributed by atoms with Gasteiger partial charge in [-0.15, -0.1) is 0 Å². The Kier molecular flexibility index (Phi) is 11.8. The third kappa shape index (κ3) is 8.27. The summed E-state index contributed by atoms with van der Waals surface area (Å²) in [4.78, 5) is 4.96. The number of halogens is 2. The van der Waals surface area contributed by atoms with Crippen LogP contribution in [0, 0.1) is 0 Å². The van der Waals surface area contributed by atoms with Crippen LogP contribution in [-0.4, -0.2) is 4.40 Å². The molecule has 3 nitrogen and oxygen atoms in total. The first kappa shape index (κ1) is 46.5. The van der Waals surface area contributed by atoms with E-state index in [9.17, 15) is 0 Å². The van der Waals surface area contributed by atoms with E-state index in [1.54, 1.807) is 0 Å². The fourth-order valence-corrected chi connectivity index (χ4v) is 12.4. The van der Waals surface area contributed by atoms with Crippen LogP contribution in [0.1, 0.15) is 0 Å². The van der Waals surface area contributed by atoms with Crippen molar-refractivity contribution in [2.24, 2.45) is 0 Å². The molecule has 14 aromatic rings. The molecule has 0 saturated carbocycles. The number of fused-ring (bicyclic) bond motifs is 6. The van der Waals surface area contributed by atoms with Gasteiger partial charge in [-0.1, -0.05) is 244 Å². The molecular formula is C72H47Br2N3. The minimum atomic E-state index is 0.985. The van der Waals surface area contributed by atoms with Crippen molar-refractivity contribution in [1.29, 1.82) is 0 Å². The van der Waals surface area contributed by atoms with Gasteiger partial charge in [0, 0.05) is 75.5 Å². The van der Waals surface area contributed by atoms with Gasteiger partial charge in [-0.05, 0) is 106 Å². The van der Waals surface area contributed by atoms with Gasteiger partial charge in [-0.3, -0.25) is 0 Å². The molecule has 364 valence electrons. The standard InChI is InChI=1S/C72H47Br2N3/c73-54-28-15-30-56(45-54)75(70-60(48-20-5-1-6-21-48)33-17-34-61(70)49-22-7-2-8-23-49)58-42-53(52-40-41-69-67(44-52)66-38-19-37-65-64-32-13-14-39-68(64)77(69)72(65)66)43-59(47-58)76(57-31-16-29-55(74)46-57)71-62(50-24-9-3-10-25-50)35-18-36-63(71)51-26-11-4-12-27-51/h1-47H. The summed E-state index contributed by atoms with van der Waals surface area (Å²) in [6.07, 6.45) is 0. The first-order valence-electron chi connectivity index (χ1n) is 26.0. The van der Waals surface area contributed by atoms with Crippen LogP contribution in [0.4, 0.5) is 34.1 Å². The zero-order valence-corrected chi connectivity index (χ0v) is 44.9. The lowest BCUT2D eigenvalue weighted by molar-refractivity contribution is 1.25. The predicted octanol–water partition coefficient (Wildman–Crippen LogP) is 21.6. The van der Waals surface area contributed by atoms with E-state index in [0.717, 1.165) is 98.7 Å². The molecule has 2 aromatic heterocycles. The largest absolute Gasteiger partial charge is 0.309 e. The number of nitrogens with zero attached hydrogens (tertiary/aromatic N) is 3. The van der Waals surface area contributed by atoms with Crippen molar-refractivity contribution in [3.05, 3.63) is 294 Å². The lowest BCUT2D eigenvalue weighted by Crippen LogP contribution is -2.16. The number of aromatic nitrogens is 1. The molecule has 0 spiro atoms. The van der Waals surface area contributed by atoms with Gasteiger partial charge >= 0.3 is 0 Å². The van der Waals surface area contributed by atoms with Gasteiger partial charge in [-0.2, -0.15) is 0 Å². The zero-order valence-electron chi connectivity index (χ0n) is 41.7. The quantitative estimate of drug-likeness (QED) is 0.128. The molecule has 2 heterocycles. The fraction of sp³-hybridized carbons (Fsp3) is 0. The van der Waals surface area contributed by atoms with E-state index in [4.69, 9.17) is 0 Å². The molecule has 0 amide bonds. The van der Waals surface area contributed by atoms with E-state index in [2.05, 4.69) is 331 Å². The van der Waals surface area contributed by atoms with Crippen molar-refractivity contribution >= 4 is 104 Å². The Balaban J connectivity index is 1.12. The van der Waals surface area contributed by atoms with Gasteiger partial charge in [-0.25, -0.2) is 0 Å². The van der Waals surface area contributed by atoms with Crippen LogP contribution >= 0.6 is 31.9 Å². The summed E-state index contributed by atoms with van der Waals surface area (Å²) in [5, 5.41) is 5.00. The van der Waals surface area contributed by atoms with Crippen LogP contribution in [-0.2, 0) is 0 Å². The van der Waals surface area contributed by atoms with Gasteiger partial charge in [0.2, 0.25) is 0 Å². The Labute approximate surface area is 464 Å². The molecule has 14 rings (SSSR count). The Morgan fingerprint density at radius 2 is 0.636 bits per heavy atom. The average molecular weight is 1110 g/mol. The zero-order chi connectivity index (χ0) is 51.4. The maximum Gasteiger partial charge on any atom is 0.0620 e. The molecule has 77 heavy (non-hydrogen) atoms. The maximum atomic E-state index is 3.94. The number of hydrogen-bond donors (Lipinski definition) is 0. The molecule has 0 bridgehead atoms. The molecule has 0 radical (unpaired) electrons. The first-order chi connectivity index (χ1) is 38.0. The summed E-state index contributed by atoms with van der Waals surface area (Å²) in [6.45, 7) is 0. The summed E-state index contributed by atoms with van der Waals surface area (Å²) >= 11 is 7.89. The Morgan fingerprint density at radius 1 is 0.247 bits per heavy atom. The summed E-state index contributed by atoms with van der Waals surface area (Å²) in [5.74, 6) is 0. The molecule has 0 aliphatic rings. The number of rotatable bonds is 11. The highest BCUT2D eigenvalue weighted by atomic mass is 79.9. The van der Waals surface area contributed by atoms with Crippen molar-refractivity contribution < 1.29 is 0 Å². The second kappa shape index (κ2) is 19.6. The highest BCUT2D eigenvalue weighted by Crippen LogP contribution is 2.52. The molecule has 0 aliphatic heterocycles. The van der Waals surface area contributed by atoms with Gasteiger partial charge < -0.3 is 14.2 Å². The van der Waals surface area contributed by atoms with Crippen LogP contribution in [0.25, 0.3) is 93.7 Å². The lowest BCUT2D eigenvalue weighted by atomic mass is 9.93. The van der Waals surface area contributed by atoms with Crippen molar-refractivity contribution in [3.8, 4) is 55.6 Å². The molecule has 5 heteroatoms. The normalized spacial score (nSPS) is 11.5. The molecule has 0 saturated heterocycles. The molecule has 0 unspecified atom stereocenters. The van der Waals surface area contributed by atoms with Crippen LogP contribution in [0.15, 0.2) is 294 Å². The van der Waals surface area contributed by atoms with Gasteiger partial charge in [0.25, 0.3) is 0 Å². The number of benzene rings is 12. The molecule has 0 N–H and O–H groups in total. The predicted molar refractivity (Wildman–Crippen MR) is 333 cm³/mol. The molecule has 12 aromatic carbocycles. The average Bonchev–Trinajstić information content (AvgIpc) is 4.02. The number of anilines is 6. The molecule has 0 aliphatic carbocycles. The lowest BCUT2D eigenvalue weighted by Gasteiger charge is -2.34. The van der Waals surface area contributed by atoms with Gasteiger partial charge in [0.15, 0.2) is 0 Å². The van der Waals surface area contributed by atoms with E-state index in [0.29, 0.717) is 0 Å². The summed E-state index contributed by atoms with van der Waals surface area (Å²) in [7, 11) is 0. The van der Waals surface area contributed by atoms with Gasteiger partial charge in [0.05, 0.1) is 27.9 Å². The second-order valence-electron chi connectivity index (χ2n) is 19.5. The van der Waals surface area contributed by atoms with Crippen molar-refractivity contribution in [2.45, 2.75) is 0 Å². The van der Waals surface area contributed by atoms with E-state index in [1.807, 2.05) is 0 Å². The highest BCUT2D eigenvalue weighted by Gasteiger charge is 2.28. The van der Waals surface area contributed by atoms with Crippen LogP contribution in [0.3, 0.4) is 0 Å². The Hall–Kier alpha value is -9.00. The Bertz CT molecular complexity index is 4170. The van der Waals surface area contributed by atoms with E-state index >= 15 is 0 Å². The SMILES string of the molecule is Brc1cccc(N(c2cc(-c3ccc4c(c3)c3cccc5c6ccccc6n4c53)cc(N(c3cccc(Br)c3)c3c(-c4ccccc4)cccc3-c3ccccc3)c2)c2c(-c3ccccc3)cccc2-c2ccccc2)c1. The second-order valence-corrected chi connectivity index (χ2v) is 21.4. The summed E-state index contributed by atoms with van der Waals surface area (Å²) in [6, 6.07) is 104. The van der Waals surface area contributed by atoms with Gasteiger partial charge in [0.1, 0.15) is 0 Å². The van der Waals surface area contributed by atoms with Crippen LogP contribution in [0.5, 0.6) is 0 Å². The van der Waals surface area contributed by atoms with Crippen molar-refractivity contribution in [3.63, 3.8) is 0 Å². The smallest absolute Gasteiger partial charge is 0.0620 e.